The summed E-state index contributed by atoms with van der Waals surface area (Å²) in [5.74, 6) is -0.463. The van der Waals surface area contributed by atoms with Crippen LogP contribution < -0.4 is 5.32 Å². The molecule has 0 spiro atoms. The first-order valence-electron chi connectivity index (χ1n) is 7.57. The highest BCUT2D eigenvalue weighted by Gasteiger charge is 2.41. The Balaban J connectivity index is 1.85. The van der Waals surface area contributed by atoms with E-state index in [0.717, 1.165) is 17.5 Å². The zero-order valence-corrected chi connectivity index (χ0v) is 15.5. The highest BCUT2D eigenvalue weighted by atomic mass is 79.9. The van der Waals surface area contributed by atoms with Gasteiger partial charge in [-0.25, -0.2) is 0 Å². The van der Waals surface area contributed by atoms with E-state index < -0.39 is 17.8 Å². The zero-order chi connectivity index (χ0) is 18.4. The van der Waals surface area contributed by atoms with E-state index in [4.69, 9.17) is 11.6 Å². The summed E-state index contributed by atoms with van der Waals surface area (Å²) in [6.07, 6.45) is -3.00. The topological polar surface area (TPSA) is 46.9 Å². The number of benzene rings is 1. The lowest BCUT2D eigenvalue weighted by Gasteiger charge is -2.11. The Morgan fingerprint density at radius 3 is 2.72 bits per heavy atom. The largest absolute Gasteiger partial charge is 0.436 e. The van der Waals surface area contributed by atoms with Gasteiger partial charge in [0.2, 0.25) is 5.91 Å². The fourth-order valence-corrected chi connectivity index (χ4v) is 3.58. The van der Waals surface area contributed by atoms with E-state index in [1.165, 1.54) is 0 Å². The van der Waals surface area contributed by atoms with Crippen LogP contribution in [0.2, 0.25) is 5.02 Å². The van der Waals surface area contributed by atoms with E-state index in [0.29, 0.717) is 22.0 Å². The molecule has 0 atom stereocenters. The van der Waals surface area contributed by atoms with Crippen LogP contribution in [0.1, 0.15) is 35.7 Å². The predicted molar refractivity (Wildman–Crippen MR) is 91.7 cm³/mol. The van der Waals surface area contributed by atoms with E-state index in [9.17, 15) is 18.0 Å². The Labute approximate surface area is 155 Å². The van der Waals surface area contributed by atoms with Gasteiger partial charge < -0.3 is 5.32 Å². The second kappa shape index (κ2) is 6.64. The standard InChI is InChI=1S/C16H14BrClF3N3O/c1-8-10(18)3-2-4-11(8)22-12(25)7-24-14(9-5-6-9)13(17)15(23-24)16(19,20)21/h2-4,9H,5-7H2,1H3,(H,22,25). The molecule has 1 aliphatic carbocycles. The van der Waals surface area contributed by atoms with Gasteiger partial charge in [0.1, 0.15) is 6.54 Å². The van der Waals surface area contributed by atoms with Crippen molar-refractivity contribution in [3.05, 3.63) is 44.6 Å². The second-order valence-electron chi connectivity index (χ2n) is 5.94. The SMILES string of the molecule is Cc1c(Cl)cccc1NC(=O)Cn1nc(C(F)(F)F)c(Br)c1C1CC1. The van der Waals surface area contributed by atoms with Crippen LogP contribution >= 0.6 is 27.5 Å². The molecular formula is C16H14BrClF3N3O. The van der Waals surface area contributed by atoms with Crippen molar-refractivity contribution in [1.29, 1.82) is 0 Å². The number of nitrogens with one attached hydrogen (secondary N) is 1. The summed E-state index contributed by atoms with van der Waals surface area (Å²) in [6, 6.07) is 5.06. The number of rotatable bonds is 4. The van der Waals surface area contributed by atoms with Crippen molar-refractivity contribution < 1.29 is 18.0 Å². The van der Waals surface area contributed by atoms with Gasteiger partial charge in [0.15, 0.2) is 5.69 Å². The van der Waals surface area contributed by atoms with Gasteiger partial charge in [-0.15, -0.1) is 0 Å². The van der Waals surface area contributed by atoms with Crippen LogP contribution in [0, 0.1) is 6.92 Å². The van der Waals surface area contributed by atoms with Gasteiger partial charge >= 0.3 is 6.18 Å². The number of hydrogen-bond acceptors (Lipinski definition) is 2. The number of hydrogen-bond donors (Lipinski definition) is 1. The number of carbonyl (C=O) groups is 1. The molecule has 3 rings (SSSR count). The predicted octanol–water partition coefficient (Wildman–Crippen LogP) is 5.14. The molecule has 0 aliphatic heterocycles. The van der Waals surface area contributed by atoms with Crippen LogP contribution in [-0.4, -0.2) is 15.7 Å². The average molecular weight is 437 g/mol. The molecule has 4 nitrogen and oxygen atoms in total. The molecule has 0 unspecified atom stereocenters. The summed E-state index contributed by atoms with van der Waals surface area (Å²) < 4.78 is 40.3. The molecule has 1 amide bonds. The van der Waals surface area contributed by atoms with Crippen LogP contribution in [0.5, 0.6) is 0 Å². The Hall–Kier alpha value is -1.54. The van der Waals surface area contributed by atoms with Crippen LogP contribution in [0.3, 0.4) is 0 Å². The molecule has 1 aromatic heterocycles. The monoisotopic (exact) mass is 435 g/mol. The molecule has 134 valence electrons. The van der Waals surface area contributed by atoms with Gasteiger partial charge in [-0.1, -0.05) is 17.7 Å². The Bertz CT molecular complexity index is 831. The summed E-state index contributed by atoms with van der Waals surface area (Å²) in [7, 11) is 0. The number of alkyl halides is 3. The lowest BCUT2D eigenvalue weighted by Crippen LogP contribution is -2.21. The number of carbonyl (C=O) groups excluding carboxylic acids is 1. The molecule has 1 N–H and O–H groups in total. The second-order valence-corrected chi connectivity index (χ2v) is 7.14. The molecule has 0 saturated heterocycles. The van der Waals surface area contributed by atoms with Crippen LogP contribution in [-0.2, 0) is 17.5 Å². The lowest BCUT2D eigenvalue weighted by atomic mass is 10.2. The molecule has 1 aliphatic rings. The number of halogens is 5. The molecule has 1 saturated carbocycles. The van der Waals surface area contributed by atoms with Gasteiger partial charge in [-0.05, 0) is 53.4 Å². The first-order chi connectivity index (χ1) is 11.7. The minimum atomic E-state index is -4.58. The third-order valence-corrected chi connectivity index (χ3v) is 5.19. The molecule has 0 bridgehead atoms. The number of amides is 1. The van der Waals surface area contributed by atoms with Crippen molar-refractivity contribution in [1.82, 2.24) is 9.78 Å². The Kier molecular flexibility index (Phi) is 4.85. The van der Waals surface area contributed by atoms with E-state index in [2.05, 4.69) is 26.3 Å². The maximum atomic E-state index is 13.1. The summed E-state index contributed by atoms with van der Waals surface area (Å²) >= 11 is 9.01. The molecule has 2 aromatic rings. The maximum absolute atomic E-state index is 13.1. The van der Waals surface area contributed by atoms with Crippen LogP contribution in [0.25, 0.3) is 0 Å². The van der Waals surface area contributed by atoms with Gasteiger partial charge in [0, 0.05) is 16.6 Å². The zero-order valence-electron chi connectivity index (χ0n) is 13.1. The highest BCUT2D eigenvalue weighted by Crippen LogP contribution is 2.46. The number of nitrogens with zero attached hydrogens (tertiary/aromatic N) is 2. The van der Waals surface area contributed by atoms with Gasteiger partial charge in [-0.3, -0.25) is 9.48 Å². The van der Waals surface area contributed by atoms with E-state index >= 15 is 0 Å². The third kappa shape index (κ3) is 3.84. The summed E-state index contributed by atoms with van der Waals surface area (Å²) in [4.78, 5) is 12.3. The molecule has 0 radical (unpaired) electrons. The minimum absolute atomic E-state index is 0.00122. The van der Waals surface area contributed by atoms with Gasteiger partial charge in [0.05, 0.1) is 10.2 Å². The molecule has 9 heteroatoms. The summed E-state index contributed by atoms with van der Waals surface area (Å²) in [5.41, 5.74) is 0.636. The summed E-state index contributed by atoms with van der Waals surface area (Å²) in [6.45, 7) is 1.45. The Morgan fingerprint density at radius 1 is 1.44 bits per heavy atom. The van der Waals surface area contributed by atoms with Crippen molar-refractivity contribution >= 4 is 39.1 Å². The first-order valence-corrected chi connectivity index (χ1v) is 8.74. The molecule has 1 fully saturated rings. The molecular weight excluding hydrogens is 423 g/mol. The van der Waals surface area contributed by atoms with E-state index in [1.807, 2.05) is 0 Å². The molecule has 1 aromatic carbocycles. The minimum Gasteiger partial charge on any atom is -0.324 e. The van der Waals surface area contributed by atoms with Crippen molar-refractivity contribution in [3.63, 3.8) is 0 Å². The average Bonchev–Trinajstić information content (AvgIpc) is 3.27. The van der Waals surface area contributed by atoms with Crippen molar-refractivity contribution in [2.45, 2.75) is 38.4 Å². The normalized spacial score (nSPS) is 14.6. The molecule has 1 heterocycles. The van der Waals surface area contributed by atoms with Crippen LogP contribution in [0.15, 0.2) is 22.7 Å². The van der Waals surface area contributed by atoms with E-state index in [-0.39, 0.29) is 16.9 Å². The smallest absolute Gasteiger partial charge is 0.324 e. The van der Waals surface area contributed by atoms with Crippen molar-refractivity contribution in [2.75, 3.05) is 5.32 Å². The highest BCUT2D eigenvalue weighted by molar-refractivity contribution is 9.10. The van der Waals surface area contributed by atoms with Gasteiger partial charge in [0.25, 0.3) is 0 Å². The van der Waals surface area contributed by atoms with Gasteiger partial charge in [-0.2, -0.15) is 18.3 Å². The lowest BCUT2D eigenvalue weighted by molar-refractivity contribution is -0.142. The quantitative estimate of drug-likeness (QED) is 0.721. The Morgan fingerprint density at radius 2 is 2.12 bits per heavy atom. The summed E-state index contributed by atoms with van der Waals surface area (Å²) in [5, 5.41) is 6.79. The van der Waals surface area contributed by atoms with Crippen molar-refractivity contribution in [3.8, 4) is 0 Å². The fraction of sp³-hybridized carbons (Fsp3) is 0.375. The maximum Gasteiger partial charge on any atom is 0.436 e. The fourth-order valence-electron chi connectivity index (χ4n) is 2.57. The van der Waals surface area contributed by atoms with Crippen LogP contribution in [0.4, 0.5) is 18.9 Å². The number of anilines is 1. The molecule has 25 heavy (non-hydrogen) atoms. The van der Waals surface area contributed by atoms with E-state index in [1.54, 1.807) is 25.1 Å². The van der Waals surface area contributed by atoms with Crippen molar-refractivity contribution in [2.24, 2.45) is 0 Å². The number of aromatic nitrogens is 2. The third-order valence-electron chi connectivity index (χ3n) is 4.00. The first kappa shape index (κ1) is 18.3.